The highest BCUT2D eigenvalue weighted by atomic mass is 16.5. The third-order valence-electron chi connectivity index (χ3n) is 3.80. The molecule has 1 aromatic rings. The van der Waals surface area contributed by atoms with Crippen LogP contribution in [0.25, 0.3) is 0 Å². The summed E-state index contributed by atoms with van der Waals surface area (Å²) in [6.07, 6.45) is 0. The Labute approximate surface area is 126 Å². The van der Waals surface area contributed by atoms with E-state index in [1.54, 1.807) is 12.0 Å². The van der Waals surface area contributed by atoms with Crippen molar-refractivity contribution in [2.75, 3.05) is 40.8 Å². The van der Waals surface area contributed by atoms with Crippen LogP contribution in [0.1, 0.15) is 11.1 Å². The molecule has 1 unspecified atom stereocenters. The summed E-state index contributed by atoms with van der Waals surface area (Å²) in [5, 5.41) is 3.31. The number of nitrogens with zero attached hydrogens (tertiary/aromatic N) is 2. The molecule has 5 heteroatoms. The van der Waals surface area contributed by atoms with Crippen LogP contribution in [0.5, 0.6) is 0 Å². The second-order valence-corrected chi connectivity index (χ2v) is 5.67. The van der Waals surface area contributed by atoms with Gasteiger partial charge in [-0.05, 0) is 11.1 Å². The van der Waals surface area contributed by atoms with Gasteiger partial charge in [0.15, 0.2) is 0 Å². The van der Waals surface area contributed by atoms with Gasteiger partial charge in [-0.15, -0.1) is 0 Å². The Morgan fingerprint density at radius 2 is 2.00 bits per heavy atom. The molecule has 0 aromatic heterocycles. The highest BCUT2D eigenvalue weighted by Crippen LogP contribution is 2.13. The van der Waals surface area contributed by atoms with Crippen molar-refractivity contribution in [2.45, 2.75) is 19.2 Å². The van der Waals surface area contributed by atoms with E-state index in [-0.39, 0.29) is 11.9 Å². The monoisotopic (exact) mass is 291 g/mol. The van der Waals surface area contributed by atoms with E-state index >= 15 is 0 Å². The number of rotatable bonds is 5. The molecule has 1 N–H and O–H groups in total. The van der Waals surface area contributed by atoms with E-state index in [1.807, 2.05) is 14.1 Å². The quantitative estimate of drug-likeness (QED) is 0.867. The number of ether oxygens (including phenoxy) is 1. The summed E-state index contributed by atoms with van der Waals surface area (Å²) in [7, 11) is 5.33. The molecule has 21 heavy (non-hydrogen) atoms. The van der Waals surface area contributed by atoms with Crippen molar-refractivity contribution >= 4 is 5.91 Å². The summed E-state index contributed by atoms with van der Waals surface area (Å²) in [6.45, 7) is 3.98. The maximum atomic E-state index is 12.3. The number of amides is 1. The Bertz CT molecular complexity index is 459. The van der Waals surface area contributed by atoms with Gasteiger partial charge in [0.25, 0.3) is 0 Å². The molecule has 0 spiro atoms. The van der Waals surface area contributed by atoms with Crippen LogP contribution in [0.2, 0.25) is 0 Å². The summed E-state index contributed by atoms with van der Waals surface area (Å²) in [5.74, 6) is 0.165. The topological polar surface area (TPSA) is 44.8 Å². The van der Waals surface area contributed by atoms with E-state index in [0.29, 0.717) is 6.61 Å². The van der Waals surface area contributed by atoms with Gasteiger partial charge >= 0.3 is 0 Å². The first-order chi connectivity index (χ1) is 10.1. The molecule has 0 radical (unpaired) electrons. The van der Waals surface area contributed by atoms with Gasteiger partial charge in [-0.3, -0.25) is 9.69 Å². The Kier molecular flexibility index (Phi) is 5.73. The lowest BCUT2D eigenvalue weighted by Crippen LogP contribution is -2.57. The molecular formula is C16H25N3O2. The molecule has 2 rings (SSSR count). The van der Waals surface area contributed by atoms with Crippen molar-refractivity contribution < 1.29 is 9.53 Å². The molecule has 1 atom stereocenters. The number of piperazine rings is 1. The minimum Gasteiger partial charge on any atom is -0.380 e. The fourth-order valence-corrected chi connectivity index (χ4v) is 2.62. The molecule has 1 aliphatic rings. The number of hydrogen-bond donors (Lipinski definition) is 1. The number of benzene rings is 1. The normalized spacial score (nSPS) is 19.5. The van der Waals surface area contributed by atoms with Crippen molar-refractivity contribution in [3.63, 3.8) is 0 Å². The maximum Gasteiger partial charge on any atom is 0.240 e. The lowest BCUT2D eigenvalue weighted by atomic mass is 10.1. The molecule has 1 aromatic carbocycles. The fourth-order valence-electron chi connectivity index (χ4n) is 2.62. The Balaban J connectivity index is 2.03. The fraction of sp³-hybridized carbons (Fsp3) is 0.562. The third-order valence-corrected chi connectivity index (χ3v) is 3.80. The number of nitrogens with one attached hydrogen (secondary N) is 1. The van der Waals surface area contributed by atoms with Crippen molar-refractivity contribution in [3.05, 3.63) is 35.4 Å². The first-order valence-electron chi connectivity index (χ1n) is 7.34. The van der Waals surface area contributed by atoms with Crippen LogP contribution >= 0.6 is 0 Å². The molecule has 0 bridgehead atoms. The zero-order chi connectivity index (χ0) is 15.2. The van der Waals surface area contributed by atoms with Crippen LogP contribution < -0.4 is 5.32 Å². The van der Waals surface area contributed by atoms with Crippen molar-refractivity contribution in [1.82, 2.24) is 15.1 Å². The van der Waals surface area contributed by atoms with Gasteiger partial charge in [0.2, 0.25) is 5.91 Å². The van der Waals surface area contributed by atoms with Gasteiger partial charge in [-0.25, -0.2) is 0 Å². The molecule has 1 amide bonds. The molecule has 1 aliphatic heterocycles. The van der Waals surface area contributed by atoms with E-state index < -0.39 is 0 Å². The van der Waals surface area contributed by atoms with Crippen LogP contribution in [0.3, 0.4) is 0 Å². The Hall–Kier alpha value is -1.43. The molecule has 1 saturated heterocycles. The van der Waals surface area contributed by atoms with Crippen LogP contribution in [-0.2, 0) is 22.7 Å². The van der Waals surface area contributed by atoms with E-state index in [4.69, 9.17) is 4.74 Å². The van der Waals surface area contributed by atoms with Crippen LogP contribution in [0.4, 0.5) is 0 Å². The van der Waals surface area contributed by atoms with Gasteiger partial charge in [0.05, 0.1) is 6.61 Å². The first-order valence-corrected chi connectivity index (χ1v) is 7.34. The molecule has 0 aliphatic carbocycles. The SMILES string of the molecule is COCc1ccc(CN2CCNCC2C(=O)N(C)C)cc1. The van der Waals surface area contributed by atoms with E-state index in [1.165, 1.54) is 11.1 Å². The van der Waals surface area contributed by atoms with E-state index in [2.05, 4.69) is 34.5 Å². The summed E-state index contributed by atoms with van der Waals surface area (Å²) < 4.78 is 5.12. The number of methoxy groups -OCH3 is 1. The summed E-state index contributed by atoms with van der Waals surface area (Å²) >= 11 is 0. The predicted molar refractivity (Wildman–Crippen MR) is 82.9 cm³/mol. The number of hydrogen-bond acceptors (Lipinski definition) is 4. The van der Waals surface area contributed by atoms with E-state index in [9.17, 15) is 4.79 Å². The minimum absolute atomic E-state index is 0.0765. The second kappa shape index (κ2) is 7.54. The zero-order valence-electron chi connectivity index (χ0n) is 13.1. The van der Waals surface area contributed by atoms with Crippen LogP contribution in [-0.4, -0.2) is 62.6 Å². The first kappa shape index (κ1) is 15.9. The lowest BCUT2D eigenvalue weighted by Gasteiger charge is -2.36. The predicted octanol–water partition coefficient (Wildman–Crippen LogP) is 0.695. The molecule has 0 saturated carbocycles. The number of carbonyl (C=O) groups excluding carboxylic acids is 1. The van der Waals surface area contributed by atoms with Crippen molar-refractivity contribution in [1.29, 1.82) is 0 Å². The number of likely N-dealkylation sites (N-methyl/N-ethyl adjacent to an activating group) is 1. The minimum atomic E-state index is -0.0765. The van der Waals surface area contributed by atoms with Gasteiger partial charge in [0.1, 0.15) is 6.04 Å². The zero-order valence-corrected chi connectivity index (χ0v) is 13.1. The average molecular weight is 291 g/mol. The van der Waals surface area contributed by atoms with Gasteiger partial charge in [0, 0.05) is 47.4 Å². The van der Waals surface area contributed by atoms with Gasteiger partial charge < -0.3 is 15.0 Å². The van der Waals surface area contributed by atoms with E-state index in [0.717, 1.165) is 26.2 Å². The standard InChI is InChI=1S/C16H25N3O2/c1-18(2)16(20)15-10-17-8-9-19(15)11-13-4-6-14(7-5-13)12-21-3/h4-7,15,17H,8-12H2,1-3H3. The van der Waals surface area contributed by atoms with Crippen LogP contribution in [0, 0.1) is 0 Å². The van der Waals surface area contributed by atoms with Gasteiger partial charge in [-0.2, -0.15) is 0 Å². The van der Waals surface area contributed by atoms with Crippen molar-refractivity contribution in [3.8, 4) is 0 Å². The highest BCUT2D eigenvalue weighted by molar-refractivity contribution is 5.81. The van der Waals surface area contributed by atoms with Crippen molar-refractivity contribution in [2.24, 2.45) is 0 Å². The molecule has 116 valence electrons. The van der Waals surface area contributed by atoms with Crippen LogP contribution in [0.15, 0.2) is 24.3 Å². The summed E-state index contributed by atoms with van der Waals surface area (Å²) in [4.78, 5) is 16.2. The maximum absolute atomic E-state index is 12.3. The second-order valence-electron chi connectivity index (χ2n) is 5.67. The summed E-state index contributed by atoms with van der Waals surface area (Å²) in [6, 6.07) is 8.34. The smallest absolute Gasteiger partial charge is 0.240 e. The highest BCUT2D eigenvalue weighted by Gasteiger charge is 2.29. The summed E-state index contributed by atoms with van der Waals surface area (Å²) in [5.41, 5.74) is 2.40. The molecular weight excluding hydrogens is 266 g/mol. The number of carbonyl (C=O) groups is 1. The molecule has 1 fully saturated rings. The molecule has 1 heterocycles. The Morgan fingerprint density at radius 3 is 2.62 bits per heavy atom. The largest absolute Gasteiger partial charge is 0.380 e. The molecule has 5 nitrogen and oxygen atoms in total. The third kappa shape index (κ3) is 4.27. The lowest BCUT2D eigenvalue weighted by molar-refractivity contribution is -0.135. The Morgan fingerprint density at radius 1 is 1.33 bits per heavy atom. The average Bonchev–Trinajstić information content (AvgIpc) is 2.49. The van der Waals surface area contributed by atoms with Gasteiger partial charge in [-0.1, -0.05) is 24.3 Å².